The lowest BCUT2D eigenvalue weighted by Crippen LogP contribution is -2.15. The summed E-state index contributed by atoms with van der Waals surface area (Å²) in [4.78, 5) is 15.8. The minimum absolute atomic E-state index is 0.121. The van der Waals surface area contributed by atoms with Gasteiger partial charge in [0.05, 0.1) is 19.2 Å². The van der Waals surface area contributed by atoms with Gasteiger partial charge in [0.15, 0.2) is 12.2 Å². The average Bonchev–Trinajstić information content (AvgIpc) is 3.10. The van der Waals surface area contributed by atoms with Crippen LogP contribution >= 0.6 is 11.6 Å². The number of hydrogen-bond acceptors (Lipinski definition) is 4. The van der Waals surface area contributed by atoms with Gasteiger partial charge >= 0.3 is 0 Å². The van der Waals surface area contributed by atoms with Gasteiger partial charge in [-0.05, 0) is 42.5 Å². The number of hydrogen-bond donors (Lipinski definition) is 1. The molecule has 0 unspecified atom stereocenters. The van der Waals surface area contributed by atoms with Crippen molar-refractivity contribution in [1.29, 1.82) is 0 Å². The Morgan fingerprint density at radius 1 is 1.21 bits per heavy atom. The topological polar surface area (TPSA) is 64.4 Å². The summed E-state index contributed by atoms with van der Waals surface area (Å²) in [6.45, 7) is 0.280. The van der Waals surface area contributed by atoms with Gasteiger partial charge in [-0.2, -0.15) is 0 Å². The second-order valence-electron chi connectivity index (χ2n) is 5.05. The fourth-order valence-electron chi connectivity index (χ4n) is 2.12. The van der Waals surface area contributed by atoms with Gasteiger partial charge in [0.25, 0.3) is 0 Å². The summed E-state index contributed by atoms with van der Waals surface area (Å²) in [7, 11) is 0. The number of nitrogens with zero attached hydrogens (tertiary/aromatic N) is 1. The predicted molar refractivity (Wildman–Crippen MR) is 92.1 cm³/mol. The third-order valence-corrected chi connectivity index (χ3v) is 3.51. The van der Waals surface area contributed by atoms with Crippen LogP contribution in [0.15, 0.2) is 65.5 Å². The zero-order valence-electron chi connectivity index (χ0n) is 12.7. The molecule has 0 radical (unpaired) electrons. The average molecular weight is 343 g/mol. The van der Waals surface area contributed by atoms with Crippen molar-refractivity contribution in [3.8, 4) is 17.1 Å². The summed E-state index contributed by atoms with van der Waals surface area (Å²) in [5.74, 6) is 1.21. The highest BCUT2D eigenvalue weighted by Crippen LogP contribution is 2.21. The molecule has 1 amide bonds. The molecule has 0 bridgehead atoms. The fourth-order valence-corrected chi connectivity index (χ4v) is 2.30. The Labute approximate surface area is 144 Å². The van der Waals surface area contributed by atoms with E-state index in [-0.39, 0.29) is 18.9 Å². The van der Waals surface area contributed by atoms with Crippen LogP contribution in [-0.2, 0) is 4.79 Å². The van der Waals surface area contributed by atoms with Gasteiger partial charge in [-0.1, -0.05) is 17.7 Å². The molecule has 5 nitrogen and oxygen atoms in total. The van der Waals surface area contributed by atoms with Gasteiger partial charge in [0.1, 0.15) is 5.75 Å². The number of amides is 1. The minimum atomic E-state index is -0.121. The lowest BCUT2D eigenvalue weighted by molar-refractivity contribution is -0.116. The van der Waals surface area contributed by atoms with Crippen molar-refractivity contribution in [1.82, 2.24) is 4.98 Å². The minimum Gasteiger partial charge on any atom is -0.493 e. The molecule has 3 rings (SSSR count). The number of carbonyl (C=O) groups excluding carboxylic acids is 1. The summed E-state index contributed by atoms with van der Waals surface area (Å²) < 4.78 is 10.7. The van der Waals surface area contributed by atoms with E-state index < -0.39 is 0 Å². The van der Waals surface area contributed by atoms with E-state index in [0.717, 1.165) is 5.56 Å². The van der Waals surface area contributed by atoms with E-state index in [0.29, 0.717) is 22.2 Å². The SMILES string of the molecule is O=C(CCOc1cccc(Cl)c1)Nc1ccc(-c2cnco2)cc1. The van der Waals surface area contributed by atoms with E-state index in [1.165, 1.54) is 6.39 Å². The monoisotopic (exact) mass is 342 g/mol. The molecule has 0 aliphatic carbocycles. The molecule has 0 aliphatic rings. The van der Waals surface area contributed by atoms with Crippen molar-refractivity contribution in [3.05, 3.63) is 66.1 Å². The lowest BCUT2D eigenvalue weighted by Gasteiger charge is -2.08. The van der Waals surface area contributed by atoms with Gasteiger partial charge in [-0.25, -0.2) is 4.98 Å². The first-order chi connectivity index (χ1) is 11.7. The first kappa shape index (κ1) is 16.1. The van der Waals surface area contributed by atoms with E-state index in [1.54, 1.807) is 30.5 Å². The summed E-state index contributed by atoms with van der Waals surface area (Å²) in [5.41, 5.74) is 1.61. The number of halogens is 1. The third kappa shape index (κ3) is 4.36. The smallest absolute Gasteiger partial charge is 0.227 e. The van der Waals surface area contributed by atoms with Crippen LogP contribution in [0.3, 0.4) is 0 Å². The van der Waals surface area contributed by atoms with Crippen molar-refractivity contribution >= 4 is 23.2 Å². The maximum absolute atomic E-state index is 11.9. The lowest BCUT2D eigenvalue weighted by atomic mass is 10.1. The molecule has 1 aromatic heterocycles. The zero-order valence-corrected chi connectivity index (χ0v) is 13.5. The molecular formula is C18H15ClN2O3. The van der Waals surface area contributed by atoms with Crippen molar-refractivity contribution in [2.75, 3.05) is 11.9 Å². The van der Waals surface area contributed by atoms with Crippen LogP contribution in [0.25, 0.3) is 11.3 Å². The van der Waals surface area contributed by atoms with Crippen molar-refractivity contribution in [2.24, 2.45) is 0 Å². The quantitative estimate of drug-likeness (QED) is 0.721. The van der Waals surface area contributed by atoms with E-state index in [9.17, 15) is 4.79 Å². The molecule has 0 saturated carbocycles. The van der Waals surface area contributed by atoms with Gasteiger partial charge in [-0.15, -0.1) is 0 Å². The standard InChI is InChI=1S/C18H15ClN2O3/c19-14-2-1-3-16(10-14)23-9-8-18(22)21-15-6-4-13(5-7-15)17-11-20-12-24-17/h1-7,10-12H,8-9H2,(H,21,22). The number of oxazole rings is 1. The molecule has 1 N–H and O–H groups in total. The molecule has 6 heteroatoms. The molecule has 1 heterocycles. The Hall–Kier alpha value is -2.79. The number of ether oxygens (including phenoxy) is 1. The summed E-state index contributed by atoms with van der Waals surface area (Å²) in [6, 6.07) is 14.4. The Morgan fingerprint density at radius 3 is 2.75 bits per heavy atom. The largest absolute Gasteiger partial charge is 0.493 e. The molecule has 0 fully saturated rings. The molecule has 2 aromatic carbocycles. The Balaban J connectivity index is 1.48. The van der Waals surface area contributed by atoms with Crippen LogP contribution in [0.1, 0.15) is 6.42 Å². The number of rotatable bonds is 6. The van der Waals surface area contributed by atoms with Crippen molar-refractivity contribution < 1.29 is 13.9 Å². The highest BCUT2D eigenvalue weighted by atomic mass is 35.5. The second kappa shape index (κ2) is 7.66. The zero-order chi connectivity index (χ0) is 16.8. The van der Waals surface area contributed by atoms with E-state index >= 15 is 0 Å². The van der Waals surface area contributed by atoms with E-state index in [2.05, 4.69) is 10.3 Å². The molecule has 3 aromatic rings. The van der Waals surface area contributed by atoms with Gasteiger partial charge in [-0.3, -0.25) is 4.79 Å². The van der Waals surface area contributed by atoms with Gasteiger partial charge in [0, 0.05) is 16.3 Å². The summed E-state index contributed by atoms with van der Waals surface area (Å²) in [6.07, 6.45) is 3.27. The van der Waals surface area contributed by atoms with Crippen LogP contribution < -0.4 is 10.1 Å². The highest BCUT2D eigenvalue weighted by Gasteiger charge is 2.05. The second-order valence-corrected chi connectivity index (χ2v) is 5.48. The highest BCUT2D eigenvalue weighted by molar-refractivity contribution is 6.30. The van der Waals surface area contributed by atoms with Gasteiger partial charge in [0.2, 0.25) is 5.91 Å². The molecule has 122 valence electrons. The first-order valence-corrected chi connectivity index (χ1v) is 7.76. The number of anilines is 1. The van der Waals surface area contributed by atoms with Gasteiger partial charge < -0.3 is 14.5 Å². The Morgan fingerprint density at radius 2 is 2.04 bits per heavy atom. The van der Waals surface area contributed by atoms with Crippen molar-refractivity contribution in [2.45, 2.75) is 6.42 Å². The van der Waals surface area contributed by atoms with Crippen LogP contribution in [0.2, 0.25) is 5.02 Å². The number of carbonyl (C=O) groups is 1. The number of benzene rings is 2. The summed E-state index contributed by atoms with van der Waals surface area (Å²) >= 11 is 5.87. The van der Waals surface area contributed by atoms with E-state index in [1.807, 2.05) is 24.3 Å². The number of nitrogens with one attached hydrogen (secondary N) is 1. The molecule has 0 aliphatic heterocycles. The predicted octanol–water partition coefficient (Wildman–Crippen LogP) is 4.40. The Kier molecular flexibility index (Phi) is 5.13. The normalized spacial score (nSPS) is 10.4. The van der Waals surface area contributed by atoms with Crippen LogP contribution in [0.5, 0.6) is 5.75 Å². The molecule has 0 atom stereocenters. The maximum Gasteiger partial charge on any atom is 0.227 e. The molecule has 0 saturated heterocycles. The van der Waals surface area contributed by atoms with Crippen LogP contribution in [0, 0.1) is 0 Å². The van der Waals surface area contributed by atoms with Crippen LogP contribution in [0.4, 0.5) is 5.69 Å². The third-order valence-electron chi connectivity index (χ3n) is 3.28. The van der Waals surface area contributed by atoms with E-state index in [4.69, 9.17) is 20.8 Å². The Bertz CT molecular complexity index is 801. The summed E-state index contributed by atoms with van der Waals surface area (Å²) in [5, 5.41) is 3.42. The van der Waals surface area contributed by atoms with Crippen molar-refractivity contribution in [3.63, 3.8) is 0 Å². The van der Waals surface area contributed by atoms with Crippen LogP contribution in [-0.4, -0.2) is 17.5 Å². The maximum atomic E-state index is 11.9. The molecule has 0 spiro atoms. The molecular weight excluding hydrogens is 328 g/mol. The first-order valence-electron chi connectivity index (χ1n) is 7.38. The number of aromatic nitrogens is 1. The fraction of sp³-hybridized carbons (Fsp3) is 0.111. The molecule has 24 heavy (non-hydrogen) atoms.